The zero-order valence-corrected chi connectivity index (χ0v) is 16.8. The van der Waals surface area contributed by atoms with Gasteiger partial charge in [0.05, 0.1) is 12.8 Å². The van der Waals surface area contributed by atoms with E-state index in [-0.39, 0.29) is 0 Å². The summed E-state index contributed by atoms with van der Waals surface area (Å²) in [6.45, 7) is 4.04. The topological polar surface area (TPSA) is 77.2 Å². The number of nitrogens with zero attached hydrogens (tertiary/aromatic N) is 5. The number of anilines is 2. The Hall–Kier alpha value is -2.65. The molecule has 9 heteroatoms. The highest BCUT2D eigenvalue weighted by molar-refractivity contribution is 8.00. The van der Waals surface area contributed by atoms with Crippen LogP contribution in [0.4, 0.5) is 10.8 Å². The number of nitrogens with one attached hydrogen (secondary N) is 1. The highest BCUT2D eigenvalue weighted by atomic mass is 32.2. The first-order valence-electron chi connectivity index (χ1n) is 8.30. The number of aryl methyl sites for hydroxylation is 2. The normalized spacial score (nSPS) is 11.1. The number of rotatable bonds is 6. The molecule has 0 saturated heterocycles. The highest BCUT2D eigenvalue weighted by Gasteiger charge is 2.09. The molecule has 0 spiro atoms. The summed E-state index contributed by atoms with van der Waals surface area (Å²) in [4.78, 5) is 9.07. The maximum Gasteiger partial charge on any atom is 0.234 e. The molecule has 0 radical (unpaired) electrons. The van der Waals surface area contributed by atoms with Crippen LogP contribution in [0, 0.1) is 13.8 Å². The molecular weight excluding hydrogens is 380 g/mol. The molecule has 0 amide bonds. The molecule has 4 aromatic rings. The van der Waals surface area contributed by atoms with Crippen molar-refractivity contribution in [1.82, 2.24) is 24.6 Å². The van der Waals surface area contributed by atoms with Crippen LogP contribution in [-0.4, -0.2) is 31.7 Å². The van der Waals surface area contributed by atoms with Gasteiger partial charge in [-0.25, -0.2) is 9.97 Å². The van der Waals surface area contributed by atoms with Crippen LogP contribution in [0.5, 0.6) is 5.75 Å². The van der Waals surface area contributed by atoms with Crippen LogP contribution in [-0.2, 0) is 5.75 Å². The first-order valence-corrected chi connectivity index (χ1v) is 10.1. The van der Waals surface area contributed by atoms with Gasteiger partial charge >= 0.3 is 0 Å². The third-order valence-corrected chi connectivity index (χ3v) is 5.91. The van der Waals surface area contributed by atoms with Crippen molar-refractivity contribution in [3.63, 3.8) is 0 Å². The van der Waals surface area contributed by atoms with Gasteiger partial charge in [-0.15, -0.1) is 10.2 Å². The van der Waals surface area contributed by atoms with Gasteiger partial charge in [-0.3, -0.25) is 4.40 Å². The Morgan fingerprint density at radius 3 is 2.74 bits per heavy atom. The molecule has 1 N–H and O–H groups in total. The summed E-state index contributed by atoms with van der Waals surface area (Å²) in [5.41, 5.74) is 4.02. The van der Waals surface area contributed by atoms with Crippen LogP contribution in [0.3, 0.4) is 0 Å². The Balaban J connectivity index is 1.41. The van der Waals surface area contributed by atoms with E-state index in [2.05, 4.69) is 32.4 Å². The van der Waals surface area contributed by atoms with Crippen LogP contribution < -0.4 is 10.1 Å². The summed E-state index contributed by atoms with van der Waals surface area (Å²) in [7, 11) is 1.65. The van der Waals surface area contributed by atoms with Crippen molar-refractivity contribution in [3.05, 3.63) is 53.6 Å². The van der Waals surface area contributed by atoms with Crippen LogP contribution >= 0.6 is 23.1 Å². The Kier molecular flexibility index (Phi) is 4.95. The van der Waals surface area contributed by atoms with Gasteiger partial charge in [0, 0.05) is 29.0 Å². The molecule has 0 aliphatic carbocycles. The van der Waals surface area contributed by atoms with Crippen molar-refractivity contribution in [3.8, 4) is 5.75 Å². The lowest BCUT2D eigenvalue weighted by Crippen LogP contribution is -1.94. The minimum Gasteiger partial charge on any atom is -0.497 e. The second-order valence-electron chi connectivity index (χ2n) is 5.96. The molecule has 4 rings (SSSR count). The lowest BCUT2D eigenvalue weighted by molar-refractivity contribution is 0.415. The van der Waals surface area contributed by atoms with Crippen molar-refractivity contribution in [1.29, 1.82) is 0 Å². The van der Waals surface area contributed by atoms with Gasteiger partial charge in [0.2, 0.25) is 10.9 Å². The predicted octanol–water partition coefficient (Wildman–Crippen LogP) is 4.24. The highest BCUT2D eigenvalue weighted by Crippen LogP contribution is 2.30. The summed E-state index contributed by atoms with van der Waals surface area (Å²) in [6.07, 6.45) is 2.03. The largest absolute Gasteiger partial charge is 0.497 e. The number of imidazole rings is 1. The monoisotopic (exact) mass is 398 g/mol. The maximum atomic E-state index is 5.16. The molecule has 0 aliphatic rings. The zero-order chi connectivity index (χ0) is 18.8. The quantitative estimate of drug-likeness (QED) is 0.487. The Labute approximate surface area is 164 Å². The molecule has 0 saturated carbocycles. The average Bonchev–Trinajstić information content (AvgIpc) is 3.27. The summed E-state index contributed by atoms with van der Waals surface area (Å²) >= 11 is 3.14. The summed E-state index contributed by atoms with van der Waals surface area (Å²) < 4.78 is 8.07. The van der Waals surface area contributed by atoms with Crippen molar-refractivity contribution in [2.75, 3.05) is 12.4 Å². The first kappa shape index (κ1) is 17.7. The Morgan fingerprint density at radius 2 is 1.96 bits per heavy atom. The van der Waals surface area contributed by atoms with E-state index in [9.17, 15) is 0 Å². The number of fused-ring (bicyclic) bond motifs is 1. The number of methoxy groups -OCH3 is 1. The van der Waals surface area contributed by atoms with Gasteiger partial charge in [-0.1, -0.05) is 23.1 Å². The molecule has 27 heavy (non-hydrogen) atoms. The molecule has 0 aliphatic heterocycles. The lowest BCUT2D eigenvalue weighted by atomic mass is 10.3. The SMILES string of the molecule is COc1ccc(Nc2nnc(SCc3cn4c(C)cc(C)nc4n3)s2)cc1. The number of hydrogen-bond acceptors (Lipinski definition) is 8. The van der Waals surface area contributed by atoms with Crippen LogP contribution in [0.1, 0.15) is 17.1 Å². The van der Waals surface area contributed by atoms with Crippen LogP contribution in [0.2, 0.25) is 0 Å². The molecule has 0 bridgehead atoms. The smallest absolute Gasteiger partial charge is 0.234 e. The lowest BCUT2D eigenvalue weighted by Gasteiger charge is -2.03. The maximum absolute atomic E-state index is 5.16. The van der Waals surface area contributed by atoms with E-state index in [1.807, 2.05) is 47.9 Å². The number of hydrogen-bond donors (Lipinski definition) is 1. The van der Waals surface area contributed by atoms with Crippen LogP contribution in [0.15, 0.2) is 40.9 Å². The van der Waals surface area contributed by atoms with E-state index in [4.69, 9.17) is 4.74 Å². The minimum absolute atomic E-state index is 0.721. The van der Waals surface area contributed by atoms with Crippen molar-refractivity contribution in [2.24, 2.45) is 0 Å². The first-order chi connectivity index (χ1) is 13.1. The van der Waals surface area contributed by atoms with Gasteiger partial charge in [-0.05, 0) is 44.2 Å². The molecular formula is C18H18N6OS2. The molecule has 3 aromatic heterocycles. The molecule has 7 nitrogen and oxygen atoms in total. The van der Waals surface area contributed by atoms with Gasteiger partial charge in [0.1, 0.15) is 5.75 Å². The average molecular weight is 399 g/mol. The molecule has 0 atom stereocenters. The van der Waals surface area contributed by atoms with E-state index >= 15 is 0 Å². The van der Waals surface area contributed by atoms with Gasteiger partial charge in [0.25, 0.3) is 0 Å². The fraction of sp³-hybridized carbons (Fsp3) is 0.222. The molecule has 0 fully saturated rings. The second-order valence-corrected chi connectivity index (χ2v) is 8.16. The van der Waals surface area contributed by atoms with E-state index < -0.39 is 0 Å². The fourth-order valence-electron chi connectivity index (χ4n) is 2.64. The number of benzene rings is 1. The third kappa shape index (κ3) is 4.04. The van der Waals surface area contributed by atoms with Gasteiger partial charge < -0.3 is 10.1 Å². The van der Waals surface area contributed by atoms with Crippen molar-refractivity contribution < 1.29 is 4.74 Å². The Bertz CT molecular complexity index is 1070. The van der Waals surface area contributed by atoms with E-state index in [1.165, 1.54) is 11.3 Å². The number of thioether (sulfide) groups is 1. The minimum atomic E-state index is 0.721. The van der Waals surface area contributed by atoms with Crippen molar-refractivity contribution >= 4 is 39.7 Å². The standard InChI is InChI=1S/C18H18N6OS2/c1-11-8-12(2)24-9-14(20-16(24)19-11)10-26-18-23-22-17(27-18)21-13-4-6-15(25-3)7-5-13/h4-9H,10H2,1-3H3,(H,21,22). The summed E-state index contributed by atoms with van der Waals surface area (Å²) in [6, 6.07) is 9.75. The molecule has 1 aromatic carbocycles. The summed E-state index contributed by atoms with van der Waals surface area (Å²) in [5.74, 6) is 2.28. The molecule has 3 heterocycles. The van der Waals surface area contributed by atoms with E-state index in [1.54, 1.807) is 18.9 Å². The number of ether oxygens (including phenoxy) is 1. The van der Waals surface area contributed by atoms with Crippen molar-refractivity contribution in [2.45, 2.75) is 23.9 Å². The van der Waals surface area contributed by atoms with E-state index in [0.717, 1.165) is 49.5 Å². The second kappa shape index (κ2) is 7.53. The van der Waals surface area contributed by atoms with Gasteiger partial charge in [-0.2, -0.15) is 0 Å². The molecule has 138 valence electrons. The predicted molar refractivity (Wildman–Crippen MR) is 108 cm³/mol. The van der Waals surface area contributed by atoms with Crippen LogP contribution in [0.25, 0.3) is 5.78 Å². The Morgan fingerprint density at radius 1 is 1.15 bits per heavy atom. The zero-order valence-electron chi connectivity index (χ0n) is 15.1. The molecule has 0 unspecified atom stereocenters. The number of aromatic nitrogens is 5. The van der Waals surface area contributed by atoms with Gasteiger partial charge in [0.15, 0.2) is 4.34 Å². The fourth-order valence-corrected chi connectivity index (χ4v) is 4.30. The van der Waals surface area contributed by atoms with E-state index in [0.29, 0.717) is 0 Å². The summed E-state index contributed by atoms with van der Waals surface area (Å²) in [5, 5.41) is 12.5. The third-order valence-electron chi connectivity index (χ3n) is 3.90.